The third-order valence-electron chi connectivity index (χ3n) is 4.68. The Kier molecular flexibility index (Phi) is 5.63. The SMILES string of the molecule is O=C(Cc1cnn(-c2ccccc2)c1)NCc1cccnc1N1CCOCC1. The molecule has 1 saturated heterocycles. The van der Waals surface area contributed by atoms with Crippen LogP contribution < -0.4 is 10.2 Å². The van der Waals surface area contributed by atoms with Gasteiger partial charge in [-0.05, 0) is 23.8 Å². The lowest BCUT2D eigenvalue weighted by atomic mass is 10.2. The van der Waals surface area contributed by atoms with E-state index in [2.05, 4.69) is 20.3 Å². The number of carbonyl (C=O) groups excluding carboxylic acids is 1. The monoisotopic (exact) mass is 377 g/mol. The van der Waals surface area contributed by atoms with Gasteiger partial charge in [-0.2, -0.15) is 5.10 Å². The molecule has 0 spiro atoms. The highest BCUT2D eigenvalue weighted by atomic mass is 16.5. The van der Waals surface area contributed by atoms with Crippen LogP contribution in [-0.2, 0) is 22.5 Å². The summed E-state index contributed by atoms with van der Waals surface area (Å²) < 4.78 is 7.19. The van der Waals surface area contributed by atoms with E-state index in [-0.39, 0.29) is 5.91 Å². The van der Waals surface area contributed by atoms with Crippen molar-refractivity contribution in [1.29, 1.82) is 0 Å². The number of benzene rings is 1. The van der Waals surface area contributed by atoms with E-state index < -0.39 is 0 Å². The van der Waals surface area contributed by atoms with Crippen molar-refractivity contribution in [2.45, 2.75) is 13.0 Å². The number of hydrogen-bond donors (Lipinski definition) is 1. The Balaban J connectivity index is 1.36. The Labute approximate surface area is 164 Å². The maximum Gasteiger partial charge on any atom is 0.224 e. The number of rotatable bonds is 6. The first-order valence-corrected chi connectivity index (χ1v) is 9.42. The second-order valence-corrected chi connectivity index (χ2v) is 6.67. The highest BCUT2D eigenvalue weighted by Crippen LogP contribution is 2.18. The molecule has 0 atom stereocenters. The van der Waals surface area contributed by atoms with Crippen molar-refractivity contribution in [3.63, 3.8) is 0 Å². The van der Waals surface area contributed by atoms with Crippen molar-refractivity contribution in [2.24, 2.45) is 0 Å². The average Bonchev–Trinajstić information content (AvgIpc) is 3.22. The van der Waals surface area contributed by atoms with Gasteiger partial charge in [-0.1, -0.05) is 24.3 Å². The fourth-order valence-corrected chi connectivity index (χ4v) is 3.24. The second-order valence-electron chi connectivity index (χ2n) is 6.67. The molecule has 7 heteroatoms. The van der Waals surface area contributed by atoms with Crippen LogP contribution in [0.4, 0.5) is 5.82 Å². The molecule has 28 heavy (non-hydrogen) atoms. The van der Waals surface area contributed by atoms with Crippen LogP contribution in [0.5, 0.6) is 0 Å². The number of carbonyl (C=O) groups is 1. The molecule has 0 bridgehead atoms. The molecule has 1 N–H and O–H groups in total. The summed E-state index contributed by atoms with van der Waals surface area (Å²) in [6.45, 7) is 3.49. The quantitative estimate of drug-likeness (QED) is 0.711. The molecule has 7 nitrogen and oxygen atoms in total. The highest BCUT2D eigenvalue weighted by Gasteiger charge is 2.16. The molecule has 0 saturated carbocycles. The van der Waals surface area contributed by atoms with Crippen molar-refractivity contribution in [2.75, 3.05) is 31.2 Å². The molecular formula is C21H23N5O2. The predicted molar refractivity (Wildman–Crippen MR) is 106 cm³/mol. The molecule has 1 amide bonds. The third kappa shape index (κ3) is 4.37. The Morgan fingerprint density at radius 3 is 2.75 bits per heavy atom. The Morgan fingerprint density at radius 2 is 1.93 bits per heavy atom. The van der Waals surface area contributed by atoms with E-state index in [1.54, 1.807) is 17.1 Å². The van der Waals surface area contributed by atoms with Crippen molar-refractivity contribution in [3.05, 3.63) is 72.2 Å². The van der Waals surface area contributed by atoms with E-state index in [0.29, 0.717) is 26.2 Å². The molecule has 4 rings (SSSR count). The molecule has 3 heterocycles. The molecule has 2 aromatic heterocycles. The first-order valence-electron chi connectivity index (χ1n) is 9.42. The summed E-state index contributed by atoms with van der Waals surface area (Å²) in [5, 5.41) is 7.34. The van der Waals surface area contributed by atoms with E-state index in [9.17, 15) is 4.79 Å². The van der Waals surface area contributed by atoms with E-state index >= 15 is 0 Å². The Bertz CT molecular complexity index is 919. The topological polar surface area (TPSA) is 72.3 Å². The number of morpholine rings is 1. The largest absolute Gasteiger partial charge is 0.378 e. The molecule has 1 aliphatic heterocycles. The molecule has 0 unspecified atom stereocenters. The molecule has 1 aliphatic rings. The van der Waals surface area contributed by atoms with Gasteiger partial charge in [-0.25, -0.2) is 9.67 Å². The fraction of sp³-hybridized carbons (Fsp3) is 0.286. The van der Waals surface area contributed by atoms with Crippen LogP contribution in [0.2, 0.25) is 0 Å². The number of para-hydroxylation sites is 1. The summed E-state index contributed by atoms with van der Waals surface area (Å²) in [6, 6.07) is 13.7. The van der Waals surface area contributed by atoms with Gasteiger partial charge < -0.3 is 15.0 Å². The number of hydrogen-bond acceptors (Lipinski definition) is 5. The number of amides is 1. The van der Waals surface area contributed by atoms with Crippen LogP contribution in [0.25, 0.3) is 5.69 Å². The molecule has 1 aromatic carbocycles. The number of anilines is 1. The van der Waals surface area contributed by atoms with E-state index in [1.165, 1.54) is 0 Å². The van der Waals surface area contributed by atoms with Gasteiger partial charge in [0.15, 0.2) is 0 Å². The second kappa shape index (κ2) is 8.67. The Hall–Kier alpha value is -3.19. The van der Waals surface area contributed by atoms with Gasteiger partial charge in [-0.15, -0.1) is 0 Å². The van der Waals surface area contributed by atoms with E-state index in [4.69, 9.17) is 4.74 Å². The molecule has 3 aromatic rings. The zero-order valence-corrected chi connectivity index (χ0v) is 15.6. The van der Waals surface area contributed by atoms with Crippen LogP contribution in [-0.4, -0.2) is 47.0 Å². The number of nitrogens with one attached hydrogen (secondary N) is 1. The standard InChI is InChI=1S/C21H23N5O2/c27-20(13-17-14-24-26(16-17)19-6-2-1-3-7-19)23-15-18-5-4-8-22-21(18)25-9-11-28-12-10-25/h1-8,14,16H,9-13,15H2,(H,23,27). The number of ether oxygens (including phenoxy) is 1. The minimum absolute atomic E-state index is 0.0376. The van der Waals surface area contributed by atoms with Crippen LogP contribution in [0, 0.1) is 0 Å². The average molecular weight is 377 g/mol. The van der Waals surface area contributed by atoms with Crippen LogP contribution in [0.1, 0.15) is 11.1 Å². The number of nitrogens with zero attached hydrogens (tertiary/aromatic N) is 4. The maximum atomic E-state index is 12.4. The van der Waals surface area contributed by atoms with Gasteiger partial charge in [0.05, 0.1) is 31.5 Å². The predicted octanol–water partition coefficient (Wildman–Crippen LogP) is 1.96. The molecule has 144 valence electrons. The zero-order valence-electron chi connectivity index (χ0n) is 15.6. The minimum atomic E-state index is -0.0376. The first-order chi connectivity index (χ1) is 13.8. The lowest BCUT2D eigenvalue weighted by Crippen LogP contribution is -2.38. The molecule has 1 fully saturated rings. The number of aromatic nitrogens is 3. The van der Waals surface area contributed by atoms with Crippen molar-refractivity contribution < 1.29 is 9.53 Å². The minimum Gasteiger partial charge on any atom is -0.378 e. The lowest BCUT2D eigenvalue weighted by molar-refractivity contribution is -0.120. The fourth-order valence-electron chi connectivity index (χ4n) is 3.24. The smallest absolute Gasteiger partial charge is 0.224 e. The summed E-state index contributed by atoms with van der Waals surface area (Å²) >= 11 is 0. The molecule has 0 radical (unpaired) electrons. The van der Waals surface area contributed by atoms with Gasteiger partial charge in [0.25, 0.3) is 0 Å². The Morgan fingerprint density at radius 1 is 1.11 bits per heavy atom. The van der Waals surface area contributed by atoms with Crippen LogP contribution >= 0.6 is 0 Å². The van der Waals surface area contributed by atoms with Crippen molar-refractivity contribution in [3.8, 4) is 5.69 Å². The normalized spacial score (nSPS) is 14.1. The summed E-state index contributed by atoms with van der Waals surface area (Å²) in [6.07, 6.45) is 5.70. The van der Waals surface area contributed by atoms with E-state index in [0.717, 1.165) is 35.7 Å². The van der Waals surface area contributed by atoms with Crippen molar-refractivity contribution >= 4 is 11.7 Å². The van der Waals surface area contributed by atoms with Gasteiger partial charge in [0, 0.05) is 37.6 Å². The van der Waals surface area contributed by atoms with Gasteiger partial charge in [0.2, 0.25) is 5.91 Å². The molecule has 0 aliphatic carbocycles. The number of pyridine rings is 1. The third-order valence-corrected chi connectivity index (χ3v) is 4.68. The summed E-state index contributed by atoms with van der Waals surface area (Å²) in [4.78, 5) is 19.1. The summed E-state index contributed by atoms with van der Waals surface area (Å²) in [7, 11) is 0. The first kappa shape index (κ1) is 18.2. The summed E-state index contributed by atoms with van der Waals surface area (Å²) in [5.41, 5.74) is 2.86. The van der Waals surface area contributed by atoms with Gasteiger partial charge >= 0.3 is 0 Å². The lowest BCUT2D eigenvalue weighted by Gasteiger charge is -2.29. The van der Waals surface area contributed by atoms with Gasteiger partial charge in [-0.3, -0.25) is 4.79 Å². The zero-order chi connectivity index (χ0) is 19.2. The summed E-state index contributed by atoms with van der Waals surface area (Å²) in [5.74, 6) is 0.882. The van der Waals surface area contributed by atoms with E-state index in [1.807, 2.05) is 48.7 Å². The van der Waals surface area contributed by atoms with Crippen LogP contribution in [0.15, 0.2) is 61.1 Å². The molecular weight excluding hydrogens is 354 g/mol. The van der Waals surface area contributed by atoms with Crippen molar-refractivity contribution in [1.82, 2.24) is 20.1 Å². The maximum absolute atomic E-state index is 12.4. The van der Waals surface area contributed by atoms with Gasteiger partial charge in [0.1, 0.15) is 5.82 Å². The van der Waals surface area contributed by atoms with Crippen LogP contribution in [0.3, 0.4) is 0 Å². The highest BCUT2D eigenvalue weighted by molar-refractivity contribution is 5.78.